The van der Waals surface area contributed by atoms with Crippen LogP contribution in [0.4, 0.5) is 0 Å². The zero-order valence-electron chi connectivity index (χ0n) is 11.7. The molecule has 0 aromatic rings. The highest BCUT2D eigenvalue weighted by molar-refractivity contribution is 5.77. The van der Waals surface area contributed by atoms with Crippen LogP contribution in [0, 0.1) is 5.41 Å². The minimum atomic E-state index is 0.201. The number of rotatable bonds is 4. The second-order valence-electron chi connectivity index (χ2n) is 5.71. The number of hydrogen-bond acceptors (Lipinski definition) is 3. The van der Waals surface area contributed by atoms with Crippen LogP contribution in [-0.2, 0) is 9.53 Å². The Morgan fingerprint density at radius 2 is 2.11 bits per heavy atom. The average Bonchev–Trinajstić information content (AvgIpc) is 2.78. The fraction of sp³-hybridized carbons (Fsp3) is 0.929. The Hall–Kier alpha value is -0.610. The molecule has 1 saturated carbocycles. The molecule has 1 amide bonds. The van der Waals surface area contributed by atoms with Gasteiger partial charge >= 0.3 is 0 Å². The highest BCUT2D eigenvalue weighted by Gasteiger charge is 2.43. The van der Waals surface area contributed by atoms with Gasteiger partial charge in [-0.3, -0.25) is 4.79 Å². The number of likely N-dealkylation sites (N-methyl/N-ethyl adjacent to an activating group) is 1. The summed E-state index contributed by atoms with van der Waals surface area (Å²) >= 11 is 0. The minimum absolute atomic E-state index is 0.201. The summed E-state index contributed by atoms with van der Waals surface area (Å²) < 4.78 is 5.48. The van der Waals surface area contributed by atoms with Gasteiger partial charge in [0, 0.05) is 32.8 Å². The molecule has 1 unspecified atom stereocenters. The molecule has 0 aromatic carbocycles. The Morgan fingerprint density at radius 3 is 2.78 bits per heavy atom. The van der Waals surface area contributed by atoms with E-state index in [1.807, 2.05) is 14.0 Å². The topological polar surface area (TPSA) is 41.6 Å². The third kappa shape index (κ3) is 2.86. The summed E-state index contributed by atoms with van der Waals surface area (Å²) in [5, 5.41) is 3.51. The van der Waals surface area contributed by atoms with Gasteiger partial charge in [-0.2, -0.15) is 0 Å². The van der Waals surface area contributed by atoms with Crippen molar-refractivity contribution in [2.75, 3.05) is 33.4 Å². The summed E-state index contributed by atoms with van der Waals surface area (Å²) in [5.74, 6) is 0.201. The number of carbonyl (C=O) groups is 1. The standard InChI is InChI=1S/C14H26N2O2/c1-3-16(2)13(17)11-15-12-5-4-6-14(12)7-9-18-10-8-14/h12,15H,3-11H2,1-2H3. The quantitative estimate of drug-likeness (QED) is 0.824. The van der Waals surface area contributed by atoms with Gasteiger partial charge in [-0.15, -0.1) is 0 Å². The van der Waals surface area contributed by atoms with E-state index in [1.54, 1.807) is 4.90 Å². The fourth-order valence-electron chi connectivity index (χ4n) is 3.36. The molecule has 18 heavy (non-hydrogen) atoms. The molecule has 0 bridgehead atoms. The van der Waals surface area contributed by atoms with Gasteiger partial charge in [-0.25, -0.2) is 0 Å². The second-order valence-corrected chi connectivity index (χ2v) is 5.71. The van der Waals surface area contributed by atoms with Crippen LogP contribution < -0.4 is 5.32 Å². The zero-order chi connectivity index (χ0) is 13.0. The number of nitrogens with one attached hydrogen (secondary N) is 1. The molecule has 2 aliphatic rings. The number of ether oxygens (including phenoxy) is 1. The number of amides is 1. The third-order valence-electron chi connectivity index (χ3n) is 4.80. The van der Waals surface area contributed by atoms with Crippen molar-refractivity contribution in [1.82, 2.24) is 10.2 Å². The highest BCUT2D eigenvalue weighted by Crippen LogP contribution is 2.45. The lowest BCUT2D eigenvalue weighted by Gasteiger charge is -2.39. The van der Waals surface area contributed by atoms with Crippen LogP contribution in [0.3, 0.4) is 0 Å². The molecule has 1 spiro atoms. The van der Waals surface area contributed by atoms with Crippen molar-refractivity contribution in [2.24, 2.45) is 5.41 Å². The van der Waals surface area contributed by atoms with Crippen molar-refractivity contribution >= 4 is 5.91 Å². The van der Waals surface area contributed by atoms with Crippen molar-refractivity contribution in [3.05, 3.63) is 0 Å². The fourth-order valence-corrected chi connectivity index (χ4v) is 3.36. The predicted molar refractivity (Wildman–Crippen MR) is 71.4 cm³/mol. The van der Waals surface area contributed by atoms with Gasteiger partial charge in [-0.05, 0) is 38.0 Å². The average molecular weight is 254 g/mol. The van der Waals surface area contributed by atoms with Crippen LogP contribution in [0.1, 0.15) is 39.0 Å². The van der Waals surface area contributed by atoms with E-state index in [-0.39, 0.29) is 5.91 Å². The molecule has 104 valence electrons. The maximum absolute atomic E-state index is 11.8. The molecule has 2 rings (SSSR count). The van der Waals surface area contributed by atoms with Crippen molar-refractivity contribution in [3.63, 3.8) is 0 Å². The van der Waals surface area contributed by atoms with E-state index in [1.165, 1.54) is 19.3 Å². The first-order chi connectivity index (χ1) is 8.68. The second kappa shape index (κ2) is 6.02. The molecule has 0 aromatic heterocycles. The molecule has 1 saturated heterocycles. The van der Waals surface area contributed by atoms with E-state index >= 15 is 0 Å². The van der Waals surface area contributed by atoms with Crippen molar-refractivity contribution in [2.45, 2.75) is 45.1 Å². The van der Waals surface area contributed by atoms with Crippen molar-refractivity contribution < 1.29 is 9.53 Å². The SMILES string of the molecule is CCN(C)C(=O)CNC1CCCC12CCOCC2. The Labute approximate surface area is 110 Å². The first kappa shape index (κ1) is 13.8. The van der Waals surface area contributed by atoms with Gasteiger partial charge in [0.05, 0.1) is 6.54 Å². The molecular formula is C14H26N2O2. The van der Waals surface area contributed by atoms with Crippen LogP contribution in [0.25, 0.3) is 0 Å². The third-order valence-corrected chi connectivity index (χ3v) is 4.80. The van der Waals surface area contributed by atoms with Gasteiger partial charge in [0.2, 0.25) is 5.91 Å². The lowest BCUT2D eigenvalue weighted by atomic mass is 9.75. The smallest absolute Gasteiger partial charge is 0.236 e. The van der Waals surface area contributed by atoms with Crippen LogP contribution in [0.15, 0.2) is 0 Å². The van der Waals surface area contributed by atoms with Gasteiger partial charge in [0.15, 0.2) is 0 Å². The van der Waals surface area contributed by atoms with E-state index in [0.717, 1.165) is 32.6 Å². The van der Waals surface area contributed by atoms with Gasteiger partial charge in [0.25, 0.3) is 0 Å². The summed E-state index contributed by atoms with van der Waals surface area (Å²) in [6, 6.07) is 0.510. The summed E-state index contributed by atoms with van der Waals surface area (Å²) in [7, 11) is 1.86. The van der Waals surface area contributed by atoms with E-state index in [9.17, 15) is 4.79 Å². The lowest BCUT2D eigenvalue weighted by molar-refractivity contribution is -0.129. The monoisotopic (exact) mass is 254 g/mol. The Kier molecular flexibility index (Phi) is 4.62. The Bertz CT molecular complexity index is 288. The summed E-state index contributed by atoms with van der Waals surface area (Å²) in [5.41, 5.74) is 0.406. The molecule has 4 nitrogen and oxygen atoms in total. The molecule has 2 fully saturated rings. The number of nitrogens with zero attached hydrogens (tertiary/aromatic N) is 1. The molecular weight excluding hydrogens is 228 g/mol. The first-order valence-electron chi connectivity index (χ1n) is 7.23. The van der Waals surface area contributed by atoms with Gasteiger partial charge < -0.3 is 15.0 Å². The number of carbonyl (C=O) groups excluding carboxylic acids is 1. The Balaban J connectivity index is 1.86. The Morgan fingerprint density at radius 1 is 1.39 bits per heavy atom. The van der Waals surface area contributed by atoms with E-state index in [2.05, 4.69) is 5.32 Å². The van der Waals surface area contributed by atoms with Crippen LogP contribution in [0.5, 0.6) is 0 Å². The van der Waals surface area contributed by atoms with E-state index in [4.69, 9.17) is 4.74 Å². The first-order valence-corrected chi connectivity index (χ1v) is 7.23. The molecule has 1 aliphatic carbocycles. The van der Waals surface area contributed by atoms with E-state index in [0.29, 0.717) is 18.0 Å². The minimum Gasteiger partial charge on any atom is -0.381 e. The van der Waals surface area contributed by atoms with Crippen LogP contribution in [-0.4, -0.2) is 50.2 Å². The molecule has 4 heteroatoms. The largest absolute Gasteiger partial charge is 0.381 e. The number of hydrogen-bond donors (Lipinski definition) is 1. The van der Waals surface area contributed by atoms with Gasteiger partial charge in [-0.1, -0.05) is 6.42 Å². The molecule has 1 aliphatic heterocycles. The summed E-state index contributed by atoms with van der Waals surface area (Å²) in [4.78, 5) is 13.6. The maximum atomic E-state index is 11.8. The molecule has 1 N–H and O–H groups in total. The molecule has 1 heterocycles. The summed E-state index contributed by atoms with van der Waals surface area (Å²) in [6.45, 7) is 5.05. The zero-order valence-corrected chi connectivity index (χ0v) is 11.7. The van der Waals surface area contributed by atoms with Crippen LogP contribution >= 0.6 is 0 Å². The van der Waals surface area contributed by atoms with Gasteiger partial charge in [0.1, 0.15) is 0 Å². The predicted octanol–water partition coefficient (Wildman–Crippen LogP) is 1.40. The highest BCUT2D eigenvalue weighted by atomic mass is 16.5. The maximum Gasteiger partial charge on any atom is 0.236 e. The normalized spacial score (nSPS) is 26.4. The molecule has 1 atom stereocenters. The lowest BCUT2D eigenvalue weighted by Crippen LogP contribution is -2.48. The van der Waals surface area contributed by atoms with E-state index < -0.39 is 0 Å². The van der Waals surface area contributed by atoms with Crippen molar-refractivity contribution in [1.29, 1.82) is 0 Å². The molecule has 0 radical (unpaired) electrons. The summed E-state index contributed by atoms with van der Waals surface area (Å²) in [6.07, 6.45) is 6.11. The van der Waals surface area contributed by atoms with Crippen molar-refractivity contribution in [3.8, 4) is 0 Å². The van der Waals surface area contributed by atoms with Crippen LogP contribution in [0.2, 0.25) is 0 Å².